The number of nitrogens with one attached hydrogen (secondary N) is 1. The molecular weight excluding hydrogens is 975 g/mol. The molecule has 3 saturated heterocycles. The SMILES string of the molecule is C[C@@H]1c2oncc2C[C@]2(c3ccccc3)C(=O)NCC[C@@H]12.[C-]#[N+]C1=C[C@@]2(c3ccccc3)C(=O)N(c3ccc(F)cc3)CC[C@@H]2[C@@H](C)C1=O.[C-]#[N+]C1=C[C@]2(c3ccccc3)C(=O)N(c3ccc(F)cc3)CC[C@H]2[C@H](C)C1=O. The number of piperidine rings is 3. The maximum atomic E-state index is 13.9. The van der Waals surface area contributed by atoms with Crippen molar-refractivity contribution in [3.8, 4) is 0 Å². The summed E-state index contributed by atoms with van der Waals surface area (Å²) in [6, 6.07) is 40.5. The Hall–Kier alpha value is -8.62. The highest BCUT2D eigenvalue weighted by atomic mass is 19.1. The summed E-state index contributed by atoms with van der Waals surface area (Å²) in [4.78, 5) is 76.0. The molecule has 77 heavy (non-hydrogen) atoms. The second kappa shape index (κ2) is 20.8. The molecule has 0 radical (unpaired) electrons. The van der Waals surface area contributed by atoms with E-state index >= 15 is 0 Å². The van der Waals surface area contributed by atoms with Crippen LogP contribution in [0.15, 0.2) is 174 Å². The standard InChI is InChI=1S/2C23H19FN2O2.C17H18N2O2/c2*1-15-19-12-13-26(18-10-8-17(24)9-11-18)22(28)23(19,14-20(25-2)21(15)27)16-6-4-3-5-7-16;1-11-14-7-8-18-16(20)17(14,13-5-3-2-4-6-13)9-12-10-19-21-15(11)12/h2*3-11,14-15,19H,12-13H2,1H3;2-6,10-11,14H,7-9H2,1H3,(H,18,20)/t2*15-,19-,23+;11-,14-,17+/m100/s1. The minimum absolute atomic E-state index is 0.0157. The molecule has 6 aliphatic rings. The van der Waals surface area contributed by atoms with Gasteiger partial charge in [-0.2, -0.15) is 0 Å². The fraction of sp³-hybridized carbons (Fsp3) is 0.302. The van der Waals surface area contributed by atoms with E-state index in [0.717, 1.165) is 41.0 Å². The first-order chi connectivity index (χ1) is 37.2. The molecule has 12 rings (SSSR count). The molecule has 1 aromatic heterocycles. The molecule has 0 unspecified atom stereocenters. The molecule has 5 aromatic carbocycles. The summed E-state index contributed by atoms with van der Waals surface area (Å²) >= 11 is 0. The van der Waals surface area contributed by atoms with Gasteiger partial charge in [0.15, 0.2) is 11.6 Å². The van der Waals surface area contributed by atoms with Crippen LogP contribution < -0.4 is 15.1 Å². The molecule has 0 saturated carbocycles. The minimum Gasteiger partial charge on any atom is -0.361 e. The number of carbonyl (C=O) groups is 5. The summed E-state index contributed by atoms with van der Waals surface area (Å²) < 4.78 is 32.2. The summed E-state index contributed by atoms with van der Waals surface area (Å²) in [5.41, 5.74) is 2.33. The average molecular weight is 1030 g/mol. The number of Topliss-reactive ketones (excluding diaryl/α,β-unsaturated/α-hetero) is 2. The first-order valence-corrected chi connectivity index (χ1v) is 26.0. The average Bonchev–Trinajstić information content (AvgIpc) is 4.04. The van der Waals surface area contributed by atoms with Gasteiger partial charge >= 0.3 is 0 Å². The van der Waals surface area contributed by atoms with Crippen molar-refractivity contribution in [3.05, 3.63) is 232 Å². The maximum absolute atomic E-state index is 13.9. The molecule has 3 aliphatic carbocycles. The lowest BCUT2D eigenvalue weighted by Gasteiger charge is -2.50. The summed E-state index contributed by atoms with van der Waals surface area (Å²) in [5.74, 6) is -1.21. The number of carbonyl (C=O) groups excluding carboxylic acids is 5. The molecule has 6 aromatic rings. The smallest absolute Gasteiger partial charge is 0.240 e. The number of fused-ring (bicyclic) bond motifs is 4. The van der Waals surface area contributed by atoms with E-state index in [0.29, 0.717) is 43.7 Å². The number of amides is 3. The molecule has 0 bridgehead atoms. The zero-order valence-corrected chi connectivity index (χ0v) is 42.9. The molecule has 3 amide bonds. The van der Waals surface area contributed by atoms with Gasteiger partial charge in [-0.1, -0.05) is 129 Å². The van der Waals surface area contributed by atoms with E-state index in [1.165, 1.54) is 24.3 Å². The zero-order valence-electron chi connectivity index (χ0n) is 42.9. The molecule has 3 fully saturated rings. The van der Waals surface area contributed by atoms with Gasteiger partial charge in [-0.15, -0.1) is 0 Å². The first kappa shape index (κ1) is 51.8. The van der Waals surface area contributed by atoms with Crippen molar-refractivity contribution in [2.45, 2.75) is 68.6 Å². The van der Waals surface area contributed by atoms with E-state index in [1.54, 1.807) is 52.4 Å². The van der Waals surface area contributed by atoms with E-state index in [2.05, 4.69) is 39.2 Å². The lowest BCUT2D eigenvalue weighted by Crippen LogP contribution is -2.59. The van der Waals surface area contributed by atoms with Crippen LogP contribution in [0.5, 0.6) is 0 Å². The highest BCUT2D eigenvalue weighted by Gasteiger charge is 2.59. The van der Waals surface area contributed by atoms with Crippen molar-refractivity contribution in [2.75, 3.05) is 29.4 Å². The summed E-state index contributed by atoms with van der Waals surface area (Å²) in [6.45, 7) is 22.3. The van der Waals surface area contributed by atoms with Crippen LogP contribution in [0.3, 0.4) is 0 Å². The minimum atomic E-state index is -1.08. The van der Waals surface area contributed by atoms with Crippen LogP contribution in [0.2, 0.25) is 0 Å². The Morgan fingerprint density at radius 3 is 1.43 bits per heavy atom. The van der Waals surface area contributed by atoms with E-state index in [-0.39, 0.29) is 76.0 Å². The van der Waals surface area contributed by atoms with Gasteiger partial charge < -0.3 is 29.2 Å². The van der Waals surface area contributed by atoms with Gasteiger partial charge in [-0.3, -0.25) is 14.4 Å². The van der Waals surface area contributed by atoms with E-state index in [4.69, 9.17) is 17.7 Å². The predicted octanol–water partition coefficient (Wildman–Crippen LogP) is 10.7. The molecule has 1 N–H and O–H groups in total. The van der Waals surface area contributed by atoms with Crippen molar-refractivity contribution in [1.82, 2.24) is 10.5 Å². The Bertz CT molecular complexity index is 3240. The van der Waals surface area contributed by atoms with Crippen molar-refractivity contribution in [2.24, 2.45) is 29.6 Å². The van der Waals surface area contributed by atoms with Crippen molar-refractivity contribution >= 4 is 40.7 Å². The normalized spacial score (nSPS) is 28.2. The lowest BCUT2D eigenvalue weighted by molar-refractivity contribution is -0.133. The third-order valence-electron chi connectivity index (χ3n) is 17.2. The monoisotopic (exact) mass is 1030 g/mol. The van der Waals surface area contributed by atoms with Crippen LogP contribution in [-0.2, 0) is 46.6 Å². The summed E-state index contributed by atoms with van der Waals surface area (Å²) in [5, 5.41) is 7.03. The second-order valence-corrected chi connectivity index (χ2v) is 20.9. The quantitative estimate of drug-likeness (QED) is 0.170. The Balaban J connectivity index is 0.000000132. The Morgan fingerprint density at radius 1 is 0.571 bits per heavy atom. The lowest BCUT2D eigenvalue weighted by atomic mass is 9.56. The predicted molar refractivity (Wildman–Crippen MR) is 286 cm³/mol. The Labute approximate surface area is 446 Å². The number of benzene rings is 5. The molecule has 9 atom stereocenters. The van der Waals surface area contributed by atoms with Gasteiger partial charge in [0.1, 0.15) is 17.4 Å². The van der Waals surface area contributed by atoms with Crippen LogP contribution in [0, 0.1) is 54.4 Å². The van der Waals surface area contributed by atoms with Crippen molar-refractivity contribution in [1.29, 1.82) is 0 Å². The van der Waals surface area contributed by atoms with E-state index in [9.17, 15) is 32.8 Å². The number of halogens is 2. The van der Waals surface area contributed by atoms with Gasteiger partial charge in [-0.05, 0) is 109 Å². The number of allylic oxidation sites excluding steroid dienone is 2. The van der Waals surface area contributed by atoms with Crippen LogP contribution >= 0.6 is 0 Å². The zero-order chi connectivity index (χ0) is 54.2. The van der Waals surface area contributed by atoms with Crippen molar-refractivity contribution < 1.29 is 37.3 Å². The van der Waals surface area contributed by atoms with Crippen LogP contribution in [-0.4, -0.2) is 54.1 Å². The van der Waals surface area contributed by atoms with E-state index < -0.39 is 28.1 Å². The van der Waals surface area contributed by atoms with Gasteiger partial charge in [0, 0.05) is 54.3 Å². The molecule has 3 aliphatic heterocycles. The Morgan fingerprint density at radius 2 is 1.00 bits per heavy atom. The number of rotatable bonds is 5. The van der Waals surface area contributed by atoms with Crippen molar-refractivity contribution in [3.63, 3.8) is 0 Å². The van der Waals surface area contributed by atoms with Gasteiger partial charge in [0.2, 0.25) is 29.1 Å². The molecular formula is C63H56F2N6O6. The fourth-order valence-electron chi connectivity index (χ4n) is 13.4. The number of hydrogen-bond acceptors (Lipinski definition) is 7. The molecule has 14 heteroatoms. The van der Waals surface area contributed by atoms with Gasteiger partial charge in [0.25, 0.3) is 0 Å². The van der Waals surface area contributed by atoms with Crippen LogP contribution in [0.1, 0.15) is 74.0 Å². The van der Waals surface area contributed by atoms with Gasteiger partial charge in [0.05, 0.1) is 35.6 Å². The molecule has 12 nitrogen and oxygen atoms in total. The molecule has 388 valence electrons. The number of aromatic nitrogens is 1. The molecule has 4 heterocycles. The topological polar surface area (TPSA) is 139 Å². The fourth-order valence-corrected chi connectivity index (χ4v) is 13.4. The van der Waals surface area contributed by atoms with Crippen LogP contribution in [0.25, 0.3) is 9.69 Å². The third kappa shape index (κ3) is 8.66. The second-order valence-electron chi connectivity index (χ2n) is 20.9. The Kier molecular flexibility index (Phi) is 14.0. The number of ketones is 2. The number of nitrogens with zero attached hydrogens (tertiary/aromatic N) is 5. The largest absolute Gasteiger partial charge is 0.361 e. The molecule has 0 spiro atoms. The maximum Gasteiger partial charge on any atom is 0.240 e. The third-order valence-corrected chi connectivity index (χ3v) is 17.2. The van der Waals surface area contributed by atoms with Crippen LogP contribution in [0.4, 0.5) is 20.2 Å². The highest BCUT2D eigenvalue weighted by molar-refractivity contribution is 6.10. The van der Waals surface area contributed by atoms with E-state index in [1.807, 2.05) is 92.7 Å². The first-order valence-electron chi connectivity index (χ1n) is 26.0. The number of anilines is 2. The highest BCUT2D eigenvalue weighted by Crippen LogP contribution is 2.53. The summed E-state index contributed by atoms with van der Waals surface area (Å²) in [6.07, 6.45) is 7.80. The number of hydrogen-bond donors (Lipinski definition) is 1. The summed E-state index contributed by atoms with van der Waals surface area (Å²) in [7, 11) is 0. The van der Waals surface area contributed by atoms with Gasteiger partial charge in [-0.25, -0.2) is 18.5 Å².